The second kappa shape index (κ2) is 7.08. The standard InChI is InChI=1S/C17H35NO/c1-7-9-14(3)15(18-8-2)17(19-6)12-10-16(4,5)11-13-17/h14-15,18H,7-13H2,1-6H3. The van der Waals surface area contributed by atoms with Crippen molar-refractivity contribution in [1.29, 1.82) is 0 Å². The zero-order valence-electron chi connectivity index (χ0n) is 14.0. The molecule has 0 saturated heterocycles. The van der Waals surface area contributed by atoms with Gasteiger partial charge >= 0.3 is 0 Å². The van der Waals surface area contributed by atoms with Gasteiger partial charge in [0.1, 0.15) is 0 Å². The molecule has 0 aliphatic heterocycles. The first-order chi connectivity index (χ1) is 8.90. The average Bonchev–Trinajstić information content (AvgIpc) is 2.37. The van der Waals surface area contributed by atoms with Crippen molar-refractivity contribution in [2.24, 2.45) is 11.3 Å². The van der Waals surface area contributed by atoms with Crippen LogP contribution in [0, 0.1) is 11.3 Å². The van der Waals surface area contributed by atoms with Crippen LogP contribution < -0.4 is 5.32 Å². The van der Waals surface area contributed by atoms with Crippen LogP contribution in [-0.2, 0) is 4.74 Å². The molecule has 19 heavy (non-hydrogen) atoms. The van der Waals surface area contributed by atoms with Crippen LogP contribution in [0.5, 0.6) is 0 Å². The molecular weight excluding hydrogens is 234 g/mol. The Morgan fingerprint density at radius 3 is 2.11 bits per heavy atom. The van der Waals surface area contributed by atoms with E-state index < -0.39 is 0 Å². The highest BCUT2D eigenvalue weighted by molar-refractivity contribution is 5.00. The van der Waals surface area contributed by atoms with Gasteiger partial charge in [-0.1, -0.05) is 41.0 Å². The fraction of sp³-hybridized carbons (Fsp3) is 1.00. The van der Waals surface area contributed by atoms with Crippen LogP contribution in [0.25, 0.3) is 0 Å². The maximum Gasteiger partial charge on any atom is 0.0833 e. The van der Waals surface area contributed by atoms with E-state index in [1.165, 1.54) is 38.5 Å². The fourth-order valence-electron chi connectivity index (χ4n) is 3.74. The minimum Gasteiger partial charge on any atom is -0.377 e. The quantitative estimate of drug-likeness (QED) is 0.740. The lowest BCUT2D eigenvalue weighted by atomic mass is 9.66. The summed E-state index contributed by atoms with van der Waals surface area (Å²) in [6, 6.07) is 0.499. The zero-order chi connectivity index (χ0) is 14.5. The van der Waals surface area contributed by atoms with Crippen LogP contribution in [0.1, 0.15) is 73.1 Å². The second-order valence-corrected chi connectivity index (χ2v) is 7.23. The Balaban J connectivity index is 2.83. The van der Waals surface area contributed by atoms with E-state index in [9.17, 15) is 0 Å². The normalized spacial score (nSPS) is 24.9. The predicted molar refractivity (Wildman–Crippen MR) is 83.5 cm³/mol. The first-order valence-electron chi connectivity index (χ1n) is 8.19. The molecule has 2 nitrogen and oxygen atoms in total. The fourth-order valence-corrected chi connectivity index (χ4v) is 3.74. The van der Waals surface area contributed by atoms with Crippen LogP contribution in [-0.4, -0.2) is 25.3 Å². The summed E-state index contributed by atoms with van der Waals surface area (Å²) >= 11 is 0. The van der Waals surface area contributed by atoms with Crippen molar-refractivity contribution >= 4 is 0 Å². The molecule has 1 aliphatic carbocycles. The van der Waals surface area contributed by atoms with Crippen molar-refractivity contribution in [3.63, 3.8) is 0 Å². The van der Waals surface area contributed by atoms with Gasteiger partial charge in [0, 0.05) is 13.2 Å². The highest BCUT2D eigenvalue weighted by Crippen LogP contribution is 2.45. The Morgan fingerprint density at radius 1 is 1.11 bits per heavy atom. The van der Waals surface area contributed by atoms with Gasteiger partial charge < -0.3 is 10.1 Å². The number of hydrogen-bond acceptors (Lipinski definition) is 2. The summed E-state index contributed by atoms with van der Waals surface area (Å²) in [6.45, 7) is 12.7. The Morgan fingerprint density at radius 2 is 1.68 bits per heavy atom. The summed E-state index contributed by atoms with van der Waals surface area (Å²) in [6.07, 6.45) is 7.49. The maximum atomic E-state index is 6.09. The number of hydrogen-bond donors (Lipinski definition) is 1. The number of nitrogens with one attached hydrogen (secondary N) is 1. The molecule has 0 aromatic rings. The van der Waals surface area contributed by atoms with Crippen molar-refractivity contribution in [2.45, 2.75) is 84.8 Å². The Hall–Kier alpha value is -0.0800. The van der Waals surface area contributed by atoms with Gasteiger partial charge in [0.15, 0.2) is 0 Å². The summed E-state index contributed by atoms with van der Waals surface area (Å²) in [5.41, 5.74) is 0.549. The predicted octanol–water partition coefficient (Wildman–Crippen LogP) is 4.39. The van der Waals surface area contributed by atoms with Gasteiger partial charge in [-0.2, -0.15) is 0 Å². The smallest absolute Gasteiger partial charge is 0.0833 e. The third kappa shape index (κ3) is 4.19. The van der Waals surface area contributed by atoms with Crippen LogP contribution >= 0.6 is 0 Å². The Kier molecular flexibility index (Phi) is 6.32. The van der Waals surface area contributed by atoms with Gasteiger partial charge in [-0.05, 0) is 50.0 Å². The summed E-state index contributed by atoms with van der Waals surface area (Å²) in [4.78, 5) is 0. The van der Waals surface area contributed by atoms with E-state index in [4.69, 9.17) is 4.74 Å². The molecule has 1 aliphatic rings. The molecule has 1 N–H and O–H groups in total. The lowest BCUT2D eigenvalue weighted by Crippen LogP contribution is -2.57. The van der Waals surface area contributed by atoms with Crippen molar-refractivity contribution in [1.82, 2.24) is 5.32 Å². The van der Waals surface area contributed by atoms with Crippen LogP contribution in [0.15, 0.2) is 0 Å². The van der Waals surface area contributed by atoms with Crippen molar-refractivity contribution in [3.05, 3.63) is 0 Å². The molecular formula is C17H35NO. The molecule has 0 amide bonds. The first kappa shape index (κ1) is 17.0. The van der Waals surface area contributed by atoms with E-state index in [0.717, 1.165) is 6.54 Å². The zero-order valence-corrected chi connectivity index (χ0v) is 14.0. The van der Waals surface area contributed by atoms with E-state index in [0.29, 0.717) is 17.4 Å². The Labute approximate surface area is 120 Å². The van der Waals surface area contributed by atoms with Crippen molar-refractivity contribution in [2.75, 3.05) is 13.7 Å². The van der Waals surface area contributed by atoms with Crippen LogP contribution in [0.3, 0.4) is 0 Å². The summed E-state index contributed by atoms with van der Waals surface area (Å²) in [5, 5.41) is 3.73. The monoisotopic (exact) mass is 269 g/mol. The molecule has 1 fully saturated rings. The van der Waals surface area contributed by atoms with Crippen LogP contribution in [0.4, 0.5) is 0 Å². The third-order valence-electron chi connectivity index (χ3n) is 5.16. The van der Waals surface area contributed by atoms with E-state index in [1.54, 1.807) is 0 Å². The van der Waals surface area contributed by atoms with E-state index >= 15 is 0 Å². The third-order valence-corrected chi connectivity index (χ3v) is 5.16. The summed E-state index contributed by atoms with van der Waals surface area (Å²) in [7, 11) is 1.92. The first-order valence-corrected chi connectivity index (χ1v) is 8.19. The summed E-state index contributed by atoms with van der Waals surface area (Å²) in [5.74, 6) is 0.686. The van der Waals surface area contributed by atoms with Gasteiger partial charge in [0.2, 0.25) is 0 Å². The van der Waals surface area contributed by atoms with Gasteiger partial charge in [0.05, 0.1) is 5.60 Å². The van der Waals surface area contributed by atoms with Gasteiger partial charge in [-0.3, -0.25) is 0 Å². The van der Waals surface area contributed by atoms with Crippen molar-refractivity contribution in [3.8, 4) is 0 Å². The maximum absolute atomic E-state index is 6.09. The molecule has 0 radical (unpaired) electrons. The van der Waals surface area contributed by atoms with E-state index in [2.05, 4.69) is 39.9 Å². The van der Waals surface area contributed by atoms with Crippen molar-refractivity contribution < 1.29 is 4.74 Å². The number of methoxy groups -OCH3 is 1. The molecule has 0 aromatic carbocycles. The molecule has 1 saturated carbocycles. The lowest BCUT2D eigenvalue weighted by molar-refractivity contribution is -0.0976. The second-order valence-electron chi connectivity index (χ2n) is 7.23. The summed E-state index contributed by atoms with van der Waals surface area (Å²) < 4.78 is 6.09. The topological polar surface area (TPSA) is 21.3 Å². The molecule has 2 atom stereocenters. The highest BCUT2D eigenvalue weighted by atomic mass is 16.5. The number of ether oxygens (including phenoxy) is 1. The molecule has 114 valence electrons. The average molecular weight is 269 g/mol. The number of rotatable bonds is 7. The SMILES string of the molecule is CCCC(C)C(NCC)C1(OC)CCC(C)(C)CC1. The van der Waals surface area contributed by atoms with Gasteiger partial charge in [-0.25, -0.2) is 0 Å². The molecule has 0 bridgehead atoms. The molecule has 2 heteroatoms. The molecule has 1 rings (SSSR count). The van der Waals surface area contributed by atoms with Gasteiger partial charge in [-0.15, -0.1) is 0 Å². The molecule has 2 unspecified atom stereocenters. The Bertz CT molecular complexity index is 252. The molecule has 0 spiro atoms. The largest absolute Gasteiger partial charge is 0.377 e. The lowest BCUT2D eigenvalue weighted by Gasteiger charge is -2.49. The highest BCUT2D eigenvalue weighted by Gasteiger charge is 2.45. The molecule has 0 aromatic heterocycles. The number of likely N-dealkylation sites (N-methyl/N-ethyl adjacent to an activating group) is 1. The van der Waals surface area contributed by atoms with E-state index in [-0.39, 0.29) is 5.60 Å². The molecule has 0 heterocycles. The van der Waals surface area contributed by atoms with Crippen LogP contribution in [0.2, 0.25) is 0 Å². The minimum absolute atomic E-state index is 0.0557. The van der Waals surface area contributed by atoms with E-state index in [1.807, 2.05) is 7.11 Å². The minimum atomic E-state index is 0.0557. The van der Waals surface area contributed by atoms with Gasteiger partial charge in [0.25, 0.3) is 0 Å².